The summed E-state index contributed by atoms with van der Waals surface area (Å²) in [6.45, 7) is 1.84. The Labute approximate surface area is 119 Å². The summed E-state index contributed by atoms with van der Waals surface area (Å²) in [4.78, 5) is 20.2. The van der Waals surface area contributed by atoms with Crippen molar-refractivity contribution < 1.29 is 4.79 Å². The number of halogens is 1. The molecule has 0 saturated carbocycles. The number of hydrogen-bond donors (Lipinski definition) is 2. The zero-order valence-electron chi connectivity index (χ0n) is 10.4. The van der Waals surface area contributed by atoms with E-state index in [9.17, 15) is 4.79 Å². The number of nitrogens with zero attached hydrogens (tertiary/aromatic N) is 2. The summed E-state index contributed by atoms with van der Waals surface area (Å²) in [6.07, 6.45) is 1.74. The summed E-state index contributed by atoms with van der Waals surface area (Å²) in [5.74, 6) is -0.135. The summed E-state index contributed by atoms with van der Waals surface area (Å²) in [6, 6.07) is 7.05. The molecule has 19 heavy (non-hydrogen) atoms. The monoisotopic (exact) mass is 320 g/mol. The van der Waals surface area contributed by atoms with E-state index in [1.165, 1.54) is 6.20 Å². The molecule has 2 rings (SSSR count). The van der Waals surface area contributed by atoms with Crippen LogP contribution < -0.4 is 11.1 Å². The van der Waals surface area contributed by atoms with E-state index in [-0.39, 0.29) is 12.3 Å². The van der Waals surface area contributed by atoms with E-state index >= 15 is 0 Å². The number of carbonyl (C=O) groups is 1. The van der Waals surface area contributed by atoms with Crippen LogP contribution in [0.25, 0.3) is 0 Å². The minimum atomic E-state index is -0.135. The standard InChI is InChI=1S/C13H13BrN4O/c1-8-11(4-5-12(14)17-8)18-13(19)6-10-3-2-9(15)7-16-10/h2-5,7H,6,15H2,1H3,(H,18,19). The highest BCUT2D eigenvalue weighted by molar-refractivity contribution is 9.10. The number of amides is 1. The Hall–Kier alpha value is -1.95. The van der Waals surface area contributed by atoms with Gasteiger partial charge in [0.05, 0.1) is 29.7 Å². The molecule has 0 atom stereocenters. The van der Waals surface area contributed by atoms with Gasteiger partial charge in [0.15, 0.2) is 0 Å². The number of carbonyl (C=O) groups excluding carboxylic acids is 1. The highest BCUT2D eigenvalue weighted by Crippen LogP contribution is 2.16. The fourth-order valence-corrected chi connectivity index (χ4v) is 1.96. The molecule has 0 aliphatic rings. The molecule has 0 aromatic carbocycles. The first-order valence-corrected chi connectivity index (χ1v) is 6.47. The van der Waals surface area contributed by atoms with Gasteiger partial charge in [0.1, 0.15) is 4.60 Å². The Morgan fingerprint density at radius 3 is 2.79 bits per heavy atom. The Morgan fingerprint density at radius 1 is 1.37 bits per heavy atom. The zero-order valence-corrected chi connectivity index (χ0v) is 11.9. The molecule has 0 bridgehead atoms. The van der Waals surface area contributed by atoms with Crippen LogP contribution >= 0.6 is 15.9 Å². The van der Waals surface area contributed by atoms with Crippen molar-refractivity contribution in [1.29, 1.82) is 0 Å². The quantitative estimate of drug-likeness (QED) is 0.850. The lowest BCUT2D eigenvalue weighted by atomic mass is 10.2. The number of nitrogen functional groups attached to an aromatic ring is 1. The van der Waals surface area contributed by atoms with Gasteiger partial charge in [0, 0.05) is 5.69 Å². The van der Waals surface area contributed by atoms with E-state index in [1.807, 2.05) is 6.92 Å². The molecule has 0 radical (unpaired) electrons. The van der Waals surface area contributed by atoms with Crippen LogP contribution in [0.5, 0.6) is 0 Å². The molecule has 5 nitrogen and oxygen atoms in total. The molecule has 0 unspecified atom stereocenters. The molecule has 98 valence electrons. The number of nitrogens with one attached hydrogen (secondary N) is 1. The van der Waals surface area contributed by atoms with E-state index in [0.29, 0.717) is 17.1 Å². The SMILES string of the molecule is Cc1nc(Br)ccc1NC(=O)Cc1ccc(N)cn1. The van der Waals surface area contributed by atoms with Crippen LogP contribution in [0.1, 0.15) is 11.4 Å². The van der Waals surface area contributed by atoms with Gasteiger partial charge >= 0.3 is 0 Å². The smallest absolute Gasteiger partial charge is 0.230 e. The summed E-state index contributed by atoms with van der Waals surface area (Å²) in [5.41, 5.74) is 8.25. The van der Waals surface area contributed by atoms with Crippen molar-refractivity contribution in [2.45, 2.75) is 13.3 Å². The van der Waals surface area contributed by atoms with Gasteiger partial charge in [0.2, 0.25) is 5.91 Å². The number of rotatable bonds is 3. The van der Waals surface area contributed by atoms with Crippen molar-refractivity contribution in [2.75, 3.05) is 11.1 Å². The fraction of sp³-hybridized carbons (Fsp3) is 0.154. The Bertz CT molecular complexity index is 598. The molecule has 3 N–H and O–H groups in total. The first kappa shape index (κ1) is 13.5. The van der Waals surface area contributed by atoms with Gasteiger partial charge < -0.3 is 11.1 Å². The number of pyridine rings is 2. The first-order valence-electron chi connectivity index (χ1n) is 5.68. The van der Waals surface area contributed by atoms with Crippen molar-refractivity contribution in [2.24, 2.45) is 0 Å². The van der Waals surface area contributed by atoms with Crippen LogP contribution in [-0.4, -0.2) is 15.9 Å². The van der Waals surface area contributed by atoms with Crippen LogP contribution in [0.15, 0.2) is 35.1 Å². The summed E-state index contributed by atoms with van der Waals surface area (Å²) < 4.78 is 0.739. The molecular weight excluding hydrogens is 308 g/mol. The third-order valence-electron chi connectivity index (χ3n) is 2.52. The average molecular weight is 321 g/mol. The summed E-state index contributed by atoms with van der Waals surface area (Å²) in [7, 11) is 0. The Kier molecular flexibility index (Phi) is 4.11. The van der Waals surface area contributed by atoms with Gasteiger partial charge in [-0.3, -0.25) is 9.78 Å². The molecule has 2 heterocycles. The maximum atomic E-state index is 11.9. The second kappa shape index (κ2) is 5.79. The Balaban J connectivity index is 2.03. The maximum absolute atomic E-state index is 11.9. The molecule has 6 heteroatoms. The van der Waals surface area contributed by atoms with Gasteiger partial charge in [-0.2, -0.15) is 0 Å². The largest absolute Gasteiger partial charge is 0.397 e. The third kappa shape index (κ3) is 3.75. The van der Waals surface area contributed by atoms with Crippen LogP contribution in [-0.2, 0) is 11.2 Å². The predicted octanol–water partition coefficient (Wildman–Crippen LogP) is 2.31. The second-order valence-electron chi connectivity index (χ2n) is 4.07. The van der Waals surface area contributed by atoms with Gasteiger partial charge in [-0.1, -0.05) is 0 Å². The van der Waals surface area contributed by atoms with E-state index in [2.05, 4.69) is 31.2 Å². The minimum absolute atomic E-state index is 0.135. The molecule has 0 saturated heterocycles. The second-order valence-corrected chi connectivity index (χ2v) is 4.89. The van der Waals surface area contributed by atoms with Gasteiger partial charge in [-0.25, -0.2) is 4.98 Å². The fourth-order valence-electron chi connectivity index (χ4n) is 1.56. The molecular formula is C13H13BrN4O. The van der Waals surface area contributed by atoms with Crippen molar-refractivity contribution in [3.05, 3.63) is 46.5 Å². The highest BCUT2D eigenvalue weighted by atomic mass is 79.9. The van der Waals surface area contributed by atoms with E-state index in [4.69, 9.17) is 5.73 Å². The highest BCUT2D eigenvalue weighted by Gasteiger charge is 2.07. The number of nitrogens with two attached hydrogens (primary N) is 1. The van der Waals surface area contributed by atoms with E-state index in [0.717, 1.165) is 10.3 Å². The van der Waals surface area contributed by atoms with Gasteiger partial charge in [-0.05, 0) is 47.1 Å². The van der Waals surface area contributed by atoms with Crippen LogP contribution in [0.3, 0.4) is 0 Å². The van der Waals surface area contributed by atoms with Crippen molar-refractivity contribution in [3.63, 3.8) is 0 Å². The average Bonchev–Trinajstić information content (AvgIpc) is 2.36. The number of aromatic nitrogens is 2. The van der Waals surface area contributed by atoms with Crippen LogP contribution in [0, 0.1) is 6.92 Å². The number of hydrogen-bond acceptors (Lipinski definition) is 4. The molecule has 0 spiro atoms. The first-order chi connectivity index (χ1) is 9.04. The third-order valence-corrected chi connectivity index (χ3v) is 2.96. The van der Waals surface area contributed by atoms with Crippen LogP contribution in [0.4, 0.5) is 11.4 Å². The lowest BCUT2D eigenvalue weighted by Gasteiger charge is -2.07. The summed E-state index contributed by atoms with van der Waals surface area (Å²) in [5, 5.41) is 2.81. The normalized spacial score (nSPS) is 10.2. The lowest BCUT2D eigenvalue weighted by molar-refractivity contribution is -0.115. The topological polar surface area (TPSA) is 80.9 Å². The van der Waals surface area contributed by atoms with Gasteiger partial charge in [-0.15, -0.1) is 0 Å². The minimum Gasteiger partial charge on any atom is -0.397 e. The zero-order chi connectivity index (χ0) is 13.8. The molecule has 0 aliphatic carbocycles. The summed E-state index contributed by atoms with van der Waals surface area (Å²) >= 11 is 3.28. The lowest BCUT2D eigenvalue weighted by Crippen LogP contribution is -2.16. The maximum Gasteiger partial charge on any atom is 0.230 e. The number of aryl methyl sites for hydroxylation is 1. The predicted molar refractivity (Wildman–Crippen MR) is 77.7 cm³/mol. The molecule has 1 amide bonds. The van der Waals surface area contributed by atoms with Crippen molar-refractivity contribution in [1.82, 2.24) is 9.97 Å². The van der Waals surface area contributed by atoms with E-state index in [1.54, 1.807) is 24.3 Å². The molecule has 2 aromatic heterocycles. The van der Waals surface area contributed by atoms with Crippen molar-refractivity contribution >= 4 is 33.2 Å². The van der Waals surface area contributed by atoms with E-state index < -0.39 is 0 Å². The molecule has 0 fully saturated rings. The Morgan fingerprint density at radius 2 is 2.16 bits per heavy atom. The molecule has 2 aromatic rings. The van der Waals surface area contributed by atoms with Crippen LogP contribution in [0.2, 0.25) is 0 Å². The molecule has 0 aliphatic heterocycles. The van der Waals surface area contributed by atoms with Crippen molar-refractivity contribution in [3.8, 4) is 0 Å². The number of anilines is 2. The van der Waals surface area contributed by atoms with Gasteiger partial charge in [0.25, 0.3) is 0 Å².